The molecule has 1 saturated carbocycles. The molecule has 5 heteroatoms. The molecule has 1 aromatic rings. The zero-order valence-corrected chi connectivity index (χ0v) is 12.8. The number of anilines is 1. The summed E-state index contributed by atoms with van der Waals surface area (Å²) < 4.78 is 0. The van der Waals surface area contributed by atoms with Gasteiger partial charge in [-0.1, -0.05) is 31.4 Å². The monoisotopic (exact) mass is 307 g/mol. The highest BCUT2D eigenvalue weighted by Crippen LogP contribution is 2.30. The number of rotatable bonds is 8. The Labute approximate surface area is 129 Å². The van der Waals surface area contributed by atoms with E-state index >= 15 is 0 Å². The van der Waals surface area contributed by atoms with E-state index in [1.807, 2.05) is 24.3 Å². The zero-order valence-electron chi connectivity index (χ0n) is 12.0. The van der Waals surface area contributed by atoms with Gasteiger partial charge in [-0.05, 0) is 30.0 Å². The van der Waals surface area contributed by atoms with Crippen LogP contribution in [0.25, 0.3) is 0 Å². The highest BCUT2D eigenvalue weighted by atomic mass is 32.2. The molecule has 0 unspecified atom stereocenters. The van der Waals surface area contributed by atoms with Gasteiger partial charge in [0, 0.05) is 17.9 Å². The minimum Gasteiger partial charge on any atom is -0.481 e. The van der Waals surface area contributed by atoms with Crippen LogP contribution in [0.2, 0.25) is 0 Å². The normalized spacial score (nSPS) is 14.5. The number of carboxylic acid groups (broad SMARTS) is 1. The second-order valence-electron chi connectivity index (χ2n) is 5.47. The predicted molar refractivity (Wildman–Crippen MR) is 85.4 cm³/mol. The lowest BCUT2D eigenvalue weighted by molar-refractivity contribution is -0.133. The Morgan fingerprint density at radius 2 is 2.14 bits per heavy atom. The fraction of sp³-hybridized carbons (Fsp3) is 0.500. The molecule has 0 radical (unpaired) electrons. The van der Waals surface area contributed by atoms with Crippen molar-refractivity contribution < 1.29 is 14.7 Å². The molecule has 1 aromatic carbocycles. The molecule has 2 N–H and O–H groups in total. The summed E-state index contributed by atoms with van der Waals surface area (Å²) in [4.78, 5) is 22.4. The van der Waals surface area contributed by atoms with Crippen LogP contribution in [0.15, 0.2) is 24.3 Å². The zero-order chi connectivity index (χ0) is 15.1. The van der Waals surface area contributed by atoms with Gasteiger partial charge in [-0.3, -0.25) is 9.59 Å². The van der Waals surface area contributed by atoms with E-state index in [1.165, 1.54) is 31.0 Å². The van der Waals surface area contributed by atoms with Crippen molar-refractivity contribution in [1.29, 1.82) is 0 Å². The van der Waals surface area contributed by atoms with E-state index in [0.717, 1.165) is 23.6 Å². The number of benzene rings is 1. The molecule has 1 amide bonds. The van der Waals surface area contributed by atoms with Gasteiger partial charge in [-0.25, -0.2) is 0 Å². The van der Waals surface area contributed by atoms with Crippen molar-refractivity contribution in [3.05, 3.63) is 29.8 Å². The summed E-state index contributed by atoms with van der Waals surface area (Å²) in [6.45, 7) is 0. The Hall–Kier alpha value is -1.49. The summed E-state index contributed by atoms with van der Waals surface area (Å²) in [6, 6.07) is 7.61. The van der Waals surface area contributed by atoms with E-state index in [9.17, 15) is 9.59 Å². The summed E-state index contributed by atoms with van der Waals surface area (Å²) in [5.74, 6) is 0.739. The first-order valence-corrected chi connectivity index (χ1v) is 8.47. The molecule has 114 valence electrons. The second-order valence-corrected chi connectivity index (χ2v) is 6.46. The number of carboxylic acids is 1. The van der Waals surface area contributed by atoms with Crippen LogP contribution in [0.3, 0.4) is 0 Å². The molecule has 0 heterocycles. The molecule has 0 aromatic heterocycles. The lowest BCUT2D eigenvalue weighted by Crippen LogP contribution is -2.16. The maximum absolute atomic E-state index is 11.9. The summed E-state index contributed by atoms with van der Waals surface area (Å²) in [7, 11) is 0. The third-order valence-electron chi connectivity index (χ3n) is 3.71. The SMILES string of the molecule is O=C(O)CSCc1cccc(NC(=O)CCC2CCC2)c1. The number of amides is 1. The minimum absolute atomic E-state index is 0.0669. The third-order valence-corrected chi connectivity index (χ3v) is 4.70. The number of carbonyl (C=O) groups excluding carboxylic acids is 1. The standard InChI is InChI=1S/C16H21NO3S/c18-15(8-7-12-3-1-4-12)17-14-6-2-5-13(9-14)10-21-11-16(19)20/h2,5-6,9,12H,1,3-4,7-8,10-11H2,(H,17,18)(H,19,20). The van der Waals surface area contributed by atoms with Crippen molar-refractivity contribution in [3.8, 4) is 0 Å². The predicted octanol–water partition coefficient (Wildman–Crippen LogP) is 3.52. The summed E-state index contributed by atoms with van der Waals surface area (Å²) in [5.41, 5.74) is 1.82. The Morgan fingerprint density at radius 1 is 1.33 bits per heavy atom. The number of carbonyl (C=O) groups is 2. The largest absolute Gasteiger partial charge is 0.481 e. The molecular formula is C16H21NO3S. The van der Waals surface area contributed by atoms with Crippen molar-refractivity contribution in [3.63, 3.8) is 0 Å². The number of nitrogens with one attached hydrogen (secondary N) is 1. The molecule has 1 aliphatic carbocycles. The molecule has 4 nitrogen and oxygen atoms in total. The maximum Gasteiger partial charge on any atom is 0.313 e. The molecule has 1 aliphatic rings. The highest BCUT2D eigenvalue weighted by Gasteiger charge is 2.18. The maximum atomic E-state index is 11.9. The molecule has 0 spiro atoms. The van der Waals surface area contributed by atoms with Gasteiger partial charge in [0.2, 0.25) is 5.91 Å². The number of hydrogen-bond donors (Lipinski definition) is 2. The average molecular weight is 307 g/mol. The minimum atomic E-state index is -0.805. The van der Waals surface area contributed by atoms with Gasteiger partial charge in [0.25, 0.3) is 0 Å². The molecule has 21 heavy (non-hydrogen) atoms. The molecule has 0 bridgehead atoms. The van der Waals surface area contributed by atoms with E-state index in [2.05, 4.69) is 5.32 Å². The van der Waals surface area contributed by atoms with Crippen LogP contribution in [0.1, 0.15) is 37.7 Å². The van der Waals surface area contributed by atoms with E-state index in [0.29, 0.717) is 12.2 Å². The molecule has 1 fully saturated rings. The summed E-state index contributed by atoms with van der Waals surface area (Å²) in [6.07, 6.45) is 5.41. The topological polar surface area (TPSA) is 66.4 Å². The van der Waals surface area contributed by atoms with Crippen LogP contribution < -0.4 is 5.32 Å². The molecule has 0 aliphatic heterocycles. The quantitative estimate of drug-likeness (QED) is 0.771. The van der Waals surface area contributed by atoms with Crippen LogP contribution in [-0.4, -0.2) is 22.7 Å². The van der Waals surface area contributed by atoms with Crippen molar-refractivity contribution in [2.24, 2.45) is 5.92 Å². The van der Waals surface area contributed by atoms with Crippen LogP contribution in [0.5, 0.6) is 0 Å². The van der Waals surface area contributed by atoms with E-state index in [4.69, 9.17) is 5.11 Å². The van der Waals surface area contributed by atoms with Gasteiger partial charge in [0.05, 0.1) is 5.75 Å². The fourth-order valence-corrected chi connectivity index (χ4v) is 3.03. The summed E-state index contributed by atoms with van der Waals surface area (Å²) in [5, 5.41) is 11.5. The second kappa shape index (κ2) is 8.08. The third kappa shape index (κ3) is 5.79. The highest BCUT2D eigenvalue weighted by molar-refractivity contribution is 7.99. The van der Waals surface area contributed by atoms with Crippen LogP contribution in [0.4, 0.5) is 5.69 Å². The first-order valence-electron chi connectivity index (χ1n) is 7.32. The first-order chi connectivity index (χ1) is 10.1. The van der Waals surface area contributed by atoms with Gasteiger partial charge in [0.1, 0.15) is 0 Å². The van der Waals surface area contributed by atoms with Crippen LogP contribution >= 0.6 is 11.8 Å². The van der Waals surface area contributed by atoms with Crippen molar-refractivity contribution in [1.82, 2.24) is 0 Å². The smallest absolute Gasteiger partial charge is 0.313 e. The van der Waals surface area contributed by atoms with Gasteiger partial charge in [-0.2, -0.15) is 0 Å². The van der Waals surface area contributed by atoms with Gasteiger partial charge < -0.3 is 10.4 Å². The van der Waals surface area contributed by atoms with E-state index in [1.54, 1.807) is 0 Å². The van der Waals surface area contributed by atoms with Gasteiger partial charge in [0.15, 0.2) is 0 Å². The Kier molecular flexibility index (Phi) is 6.11. The van der Waals surface area contributed by atoms with Crippen molar-refractivity contribution in [2.45, 2.75) is 37.9 Å². The Morgan fingerprint density at radius 3 is 2.81 bits per heavy atom. The average Bonchev–Trinajstić information content (AvgIpc) is 2.37. The van der Waals surface area contributed by atoms with Gasteiger partial charge in [-0.15, -0.1) is 11.8 Å². The fourth-order valence-electron chi connectivity index (χ4n) is 2.34. The summed E-state index contributed by atoms with van der Waals surface area (Å²) >= 11 is 1.35. The van der Waals surface area contributed by atoms with Crippen LogP contribution in [0, 0.1) is 5.92 Å². The van der Waals surface area contributed by atoms with Crippen LogP contribution in [-0.2, 0) is 15.3 Å². The molecule has 0 saturated heterocycles. The number of aliphatic carboxylic acids is 1. The van der Waals surface area contributed by atoms with E-state index < -0.39 is 5.97 Å². The Balaban J connectivity index is 1.76. The number of hydrogen-bond acceptors (Lipinski definition) is 3. The van der Waals surface area contributed by atoms with E-state index in [-0.39, 0.29) is 11.7 Å². The molecule has 0 atom stereocenters. The lowest BCUT2D eigenvalue weighted by atomic mass is 9.82. The number of thioether (sulfide) groups is 1. The molecular weight excluding hydrogens is 286 g/mol. The Bertz CT molecular complexity index is 500. The van der Waals surface area contributed by atoms with Crippen molar-refractivity contribution in [2.75, 3.05) is 11.1 Å². The van der Waals surface area contributed by atoms with Crippen molar-refractivity contribution >= 4 is 29.3 Å². The lowest BCUT2D eigenvalue weighted by Gasteiger charge is -2.24. The first kappa shape index (κ1) is 15.9. The molecule has 2 rings (SSSR count). The van der Waals surface area contributed by atoms with Gasteiger partial charge >= 0.3 is 5.97 Å².